The highest BCUT2D eigenvalue weighted by Gasteiger charge is 1.95. The van der Waals surface area contributed by atoms with Crippen LogP contribution in [-0.4, -0.2) is 4.98 Å². The SMILES string of the molecule is CC(C)CCc1ccccn1. The molecule has 1 nitrogen and oxygen atoms in total. The third kappa shape index (κ3) is 3.17. The molecule has 1 heterocycles. The van der Waals surface area contributed by atoms with Crippen molar-refractivity contribution in [3.8, 4) is 0 Å². The Balaban J connectivity index is 2.39. The smallest absolute Gasteiger partial charge is 0.0403 e. The average molecular weight is 149 g/mol. The van der Waals surface area contributed by atoms with E-state index in [0.717, 1.165) is 12.3 Å². The van der Waals surface area contributed by atoms with Crippen LogP contribution in [0.4, 0.5) is 0 Å². The fourth-order valence-corrected chi connectivity index (χ4v) is 0.983. The molecule has 0 aliphatic rings. The maximum absolute atomic E-state index is 4.25. The van der Waals surface area contributed by atoms with Gasteiger partial charge >= 0.3 is 0 Å². The summed E-state index contributed by atoms with van der Waals surface area (Å²) in [7, 11) is 0. The first kappa shape index (κ1) is 8.25. The van der Waals surface area contributed by atoms with Crippen LogP contribution in [0.25, 0.3) is 0 Å². The summed E-state index contributed by atoms with van der Waals surface area (Å²) < 4.78 is 0. The van der Waals surface area contributed by atoms with Crippen molar-refractivity contribution in [2.45, 2.75) is 26.7 Å². The van der Waals surface area contributed by atoms with Crippen molar-refractivity contribution in [2.24, 2.45) is 5.92 Å². The molecule has 1 rings (SSSR count). The third-order valence-electron chi connectivity index (χ3n) is 1.70. The van der Waals surface area contributed by atoms with Crippen molar-refractivity contribution in [1.29, 1.82) is 0 Å². The van der Waals surface area contributed by atoms with Crippen molar-refractivity contribution in [2.75, 3.05) is 0 Å². The monoisotopic (exact) mass is 149 g/mol. The summed E-state index contributed by atoms with van der Waals surface area (Å²) in [4.78, 5) is 4.25. The molecule has 60 valence electrons. The summed E-state index contributed by atoms with van der Waals surface area (Å²) in [6.45, 7) is 4.48. The Morgan fingerprint density at radius 3 is 2.73 bits per heavy atom. The highest BCUT2D eigenvalue weighted by Crippen LogP contribution is 2.05. The van der Waals surface area contributed by atoms with Crippen LogP contribution >= 0.6 is 0 Å². The second kappa shape index (κ2) is 4.12. The van der Waals surface area contributed by atoms with Crippen molar-refractivity contribution in [1.82, 2.24) is 4.98 Å². The number of aryl methyl sites for hydroxylation is 1. The molecule has 1 heteroatoms. The highest BCUT2D eigenvalue weighted by molar-refractivity contribution is 5.03. The number of aromatic nitrogens is 1. The first-order valence-electron chi connectivity index (χ1n) is 4.19. The largest absolute Gasteiger partial charge is 0.261 e. The maximum atomic E-state index is 4.25. The number of pyridine rings is 1. The molecule has 0 fully saturated rings. The van der Waals surface area contributed by atoms with Crippen molar-refractivity contribution in [3.05, 3.63) is 30.1 Å². The van der Waals surface area contributed by atoms with Crippen LogP contribution in [-0.2, 0) is 6.42 Å². The lowest BCUT2D eigenvalue weighted by Crippen LogP contribution is -1.93. The van der Waals surface area contributed by atoms with Gasteiger partial charge in [-0.05, 0) is 30.9 Å². The van der Waals surface area contributed by atoms with Crippen LogP contribution in [0, 0.1) is 5.92 Å². The Morgan fingerprint density at radius 2 is 2.18 bits per heavy atom. The number of nitrogens with zero attached hydrogens (tertiary/aromatic N) is 1. The summed E-state index contributed by atoms with van der Waals surface area (Å²) in [5.41, 5.74) is 1.21. The molecule has 0 spiro atoms. The normalized spacial score (nSPS) is 10.5. The average Bonchev–Trinajstić information content (AvgIpc) is 2.03. The Labute approximate surface area is 68.5 Å². The van der Waals surface area contributed by atoms with E-state index in [1.165, 1.54) is 12.1 Å². The Morgan fingerprint density at radius 1 is 1.36 bits per heavy atom. The van der Waals surface area contributed by atoms with Gasteiger partial charge in [0.25, 0.3) is 0 Å². The summed E-state index contributed by atoms with van der Waals surface area (Å²) in [5, 5.41) is 0. The standard InChI is InChI=1S/C10H15N/c1-9(2)6-7-10-5-3-4-8-11-10/h3-5,8-9H,6-7H2,1-2H3. The summed E-state index contributed by atoms with van der Waals surface area (Å²) in [6.07, 6.45) is 4.20. The molecule has 0 aliphatic heterocycles. The van der Waals surface area contributed by atoms with Crippen LogP contribution in [0.2, 0.25) is 0 Å². The van der Waals surface area contributed by atoms with E-state index in [1.54, 1.807) is 0 Å². The zero-order valence-corrected chi connectivity index (χ0v) is 7.25. The molecule has 0 aliphatic carbocycles. The van der Waals surface area contributed by atoms with E-state index >= 15 is 0 Å². The lowest BCUT2D eigenvalue weighted by Gasteiger charge is -2.02. The molecule has 0 bridgehead atoms. The highest BCUT2D eigenvalue weighted by atomic mass is 14.7. The van der Waals surface area contributed by atoms with Gasteiger partial charge in [-0.1, -0.05) is 19.9 Å². The lowest BCUT2D eigenvalue weighted by atomic mass is 10.1. The molecule has 0 unspecified atom stereocenters. The van der Waals surface area contributed by atoms with Gasteiger partial charge in [0, 0.05) is 11.9 Å². The van der Waals surface area contributed by atoms with Crippen molar-refractivity contribution in [3.63, 3.8) is 0 Å². The molecule has 0 saturated heterocycles. The van der Waals surface area contributed by atoms with Gasteiger partial charge < -0.3 is 0 Å². The minimum atomic E-state index is 0.775. The van der Waals surface area contributed by atoms with Crippen LogP contribution < -0.4 is 0 Å². The van der Waals surface area contributed by atoms with E-state index in [9.17, 15) is 0 Å². The van der Waals surface area contributed by atoms with Gasteiger partial charge in [0.05, 0.1) is 0 Å². The van der Waals surface area contributed by atoms with E-state index in [2.05, 4.69) is 24.9 Å². The molecule has 1 aromatic heterocycles. The summed E-state index contributed by atoms with van der Waals surface area (Å²) in [5.74, 6) is 0.775. The predicted octanol–water partition coefficient (Wildman–Crippen LogP) is 2.67. The lowest BCUT2D eigenvalue weighted by molar-refractivity contribution is 0.581. The summed E-state index contributed by atoms with van der Waals surface area (Å²) >= 11 is 0. The molecule has 0 amide bonds. The minimum absolute atomic E-state index is 0.775. The van der Waals surface area contributed by atoms with E-state index in [1.807, 2.05) is 18.3 Å². The molecular weight excluding hydrogens is 134 g/mol. The van der Waals surface area contributed by atoms with Gasteiger partial charge in [0.1, 0.15) is 0 Å². The van der Waals surface area contributed by atoms with Gasteiger partial charge in [-0.15, -0.1) is 0 Å². The van der Waals surface area contributed by atoms with Gasteiger partial charge in [-0.3, -0.25) is 4.98 Å². The Hall–Kier alpha value is -0.850. The Kier molecular flexibility index (Phi) is 3.09. The van der Waals surface area contributed by atoms with Gasteiger partial charge in [0.15, 0.2) is 0 Å². The van der Waals surface area contributed by atoms with Crippen molar-refractivity contribution < 1.29 is 0 Å². The summed E-state index contributed by atoms with van der Waals surface area (Å²) in [6, 6.07) is 6.09. The van der Waals surface area contributed by atoms with Crippen molar-refractivity contribution >= 4 is 0 Å². The van der Waals surface area contributed by atoms with E-state index in [0.29, 0.717) is 0 Å². The van der Waals surface area contributed by atoms with E-state index in [4.69, 9.17) is 0 Å². The minimum Gasteiger partial charge on any atom is -0.261 e. The topological polar surface area (TPSA) is 12.9 Å². The molecule has 0 atom stereocenters. The van der Waals surface area contributed by atoms with E-state index in [-0.39, 0.29) is 0 Å². The first-order chi connectivity index (χ1) is 5.29. The number of hydrogen-bond donors (Lipinski definition) is 0. The Bertz CT molecular complexity index is 191. The van der Waals surface area contributed by atoms with Gasteiger partial charge in [0.2, 0.25) is 0 Å². The fourth-order valence-electron chi connectivity index (χ4n) is 0.983. The van der Waals surface area contributed by atoms with E-state index < -0.39 is 0 Å². The van der Waals surface area contributed by atoms with Gasteiger partial charge in [-0.2, -0.15) is 0 Å². The first-order valence-corrected chi connectivity index (χ1v) is 4.19. The molecule has 0 N–H and O–H groups in total. The maximum Gasteiger partial charge on any atom is 0.0403 e. The predicted molar refractivity (Wildman–Crippen MR) is 47.4 cm³/mol. The van der Waals surface area contributed by atoms with Crippen LogP contribution in [0.15, 0.2) is 24.4 Å². The van der Waals surface area contributed by atoms with Crippen LogP contribution in [0.3, 0.4) is 0 Å². The second-order valence-electron chi connectivity index (χ2n) is 3.25. The molecular formula is C10H15N. The molecule has 0 radical (unpaired) electrons. The quantitative estimate of drug-likeness (QED) is 0.644. The fraction of sp³-hybridized carbons (Fsp3) is 0.500. The molecule has 1 aromatic rings. The zero-order valence-electron chi connectivity index (χ0n) is 7.25. The zero-order chi connectivity index (χ0) is 8.10. The second-order valence-corrected chi connectivity index (χ2v) is 3.25. The number of hydrogen-bond acceptors (Lipinski definition) is 1. The third-order valence-corrected chi connectivity index (χ3v) is 1.70. The molecule has 0 aromatic carbocycles. The van der Waals surface area contributed by atoms with Crippen LogP contribution in [0.5, 0.6) is 0 Å². The molecule has 0 saturated carbocycles. The number of rotatable bonds is 3. The van der Waals surface area contributed by atoms with Gasteiger partial charge in [-0.25, -0.2) is 0 Å². The molecule has 11 heavy (non-hydrogen) atoms. The van der Waals surface area contributed by atoms with Crippen LogP contribution in [0.1, 0.15) is 26.0 Å².